The molecule has 0 bridgehead atoms. The smallest absolute Gasteiger partial charge is 0.236 e. The Kier molecular flexibility index (Phi) is 3.91. The third-order valence-electron chi connectivity index (χ3n) is 3.64. The normalized spacial score (nSPS) is 14.0. The van der Waals surface area contributed by atoms with Gasteiger partial charge in [-0.05, 0) is 60.2 Å². The monoisotopic (exact) mass is 321 g/mol. The first-order valence-corrected chi connectivity index (χ1v) is 8.92. The van der Waals surface area contributed by atoms with Gasteiger partial charge in [-0.15, -0.1) is 0 Å². The summed E-state index contributed by atoms with van der Waals surface area (Å²) in [5.74, 6) is -0.0543. The van der Waals surface area contributed by atoms with Crippen molar-refractivity contribution in [2.24, 2.45) is 0 Å². The van der Waals surface area contributed by atoms with E-state index in [1.165, 1.54) is 11.1 Å². The van der Waals surface area contributed by atoms with Crippen LogP contribution >= 0.6 is 11.6 Å². The second kappa shape index (κ2) is 5.70. The van der Waals surface area contributed by atoms with E-state index in [2.05, 4.69) is 4.72 Å². The zero-order valence-corrected chi connectivity index (χ0v) is 13.0. The molecule has 21 heavy (non-hydrogen) atoms. The van der Waals surface area contributed by atoms with Gasteiger partial charge in [-0.1, -0.05) is 29.8 Å². The molecule has 3 rings (SSSR count). The summed E-state index contributed by atoms with van der Waals surface area (Å²) in [7, 11) is -3.41. The quantitative estimate of drug-likeness (QED) is 0.931. The third kappa shape index (κ3) is 3.57. The molecule has 2 aromatic carbocycles. The molecule has 3 nitrogen and oxygen atoms in total. The molecule has 0 radical (unpaired) electrons. The van der Waals surface area contributed by atoms with Gasteiger partial charge < -0.3 is 0 Å². The maximum Gasteiger partial charge on any atom is 0.236 e. The highest BCUT2D eigenvalue weighted by Crippen LogP contribution is 2.25. The molecule has 5 heteroatoms. The van der Waals surface area contributed by atoms with Gasteiger partial charge in [0, 0.05) is 10.7 Å². The van der Waals surface area contributed by atoms with E-state index in [1.807, 2.05) is 18.2 Å². The topological polar surface area (TPSA) is 46.2 Å². The van der Waals surface area contributed by atoms with Crippen molar-refractivity contribution in [3.8, 4) is 0 Å². The maximum atomic E-state index is 12.2. The van der Waals surface area contributed by atoms with Gasteiger partial charge >= 0.3 is 0 Å². The zero-order valence-electron chi connectivity index (χ0n) is 11.5. The molecule has 0 atom stereocenters. The molecule has 0 saturated carbocycles. The molecule has 1 aliphatic carbocycles. The van der Waals surface area contributed by atoms with Crippen LogP contribution in [-0.2, 0) is 28.6 Å². The number of halogens is 1. The van der Waals surface area contributed by atoms with Crippen LogP contribution < -0.4 is 4.72 Å². The van der Waals surface area contributed by atoms with Gasteiger partial charge in [0.15, 0.2) is 0 Å². The molecule has 0 aliphatic heterocycles. The number of anilines is 1. The average molecular weight is 322 g/mol. The molecule has 0 heterocycles. The Morgan fingerprint density at radius 3 is 2.48 bits per heavy atom. The Bertz CT molecular complexity index is 754. The number of sulfonamides is 1. The first-order valence-electron chi connectivity index (χ1n) is 6.89. The fourth-order valence-electron chi connectivity index (χ4n) is 2.65. The first-order chi connectivity index (χ1) is 10.0. The number of aryl methyl sites for hydroxylation is 2. The van der Waals surface area contributed by atoms with Crippen LogP contribution in [0.3, 0.4) is 0 Å². The van der Waals surface area contributed by atoms with Crippen LogP contribution in [-0.4, -0.2) is 8.42 Å². The minimum absolute atomic E-state index is 0.0543. The molecular formula is C16H16ClNO2S. The van der Waals surface area contributed by atoms with E-state index in [4.69, 9.17) is 11.6 Å². The Morgan fingerprint density at radius 1 is 1.00 bits per heavy atom. The minimum atomic E-state index is -3.41. The van der Waals surface area contributed by atoms with Crippen LogP contribution in [0.2, 0.25) is 5.02 Å². The Morgan fingerprint density at radius 2 is 1.71 bits per heavy atom. The third-order valence-corrected chi connectivity index (χ3v) is 5.15. The lowest BCUT2D eigenvalue weighted by atomic mass is 10.1. The van der Waals surface area contributed by atoms with E-state index >= 15 is 0 Å². The molecule has 1 N–H and O–H groups in total. The highest BCUT2D eigenvalue weighted by molar-refractivity contribution is 7.91. The maximum absolute atomic E-state index is 12.2. The Hall–Kier alpha value is -1.52. The molecule has 110 valence electrons. The Balaban J connectivity index is 1.75. The fraction of sp³-hybridized carbons (Fsp3) is 0.250. The van der Waals surface area contributed by atoms with E-state index in [9.17, 15) is 8.42 Å². The lowest BCUT2D eigenvalue weighted by Crippen LogP contribution is -2.15. The van der Waals surface area contributed by atoms with Crippen LogP contribution in [0, 0.1) is 0 Å². The van der Waals surface area contributed by atoms with Gasteiger partial charge in [0.1, 0.15) is 0 Å². The number of hydrogen-bond donors (Lipinski definition) is 1. The van der Waals surface area contributed by atoms with Gasteiger partial charge in [0.2, 0.25) is 10.0 Å². The van der Waals surface area contributed by atoms with Crippen molar-refractivity contribution in [3.05, 3.63) is 64.2 Å². The van der Waals surface area contributed by atoms with Gasteiger partial charge in [-0.2, -0.15) is 0 Å². The highest BCUT2D eigenvalue weighted by Gasteiger charge is 2.15. The van der Waals surface area contributed by atoms with Crippen molar-refractivity contribution < 1.29 is 8.42 Å². The molecule has 2 aromatic rings. The average Bonchev–Trinajstić information content (AvgIpc) is 2.88. The summed E-state index contributed by atoms with van der Waals surface area (Å²) in [5, 5.41) is 0.600. The van der Waals surface area contributed by atoms with Crippen molar-refractivity contribution >= 4 is 27.3 Å². The van der Waals surface area contributed by atoms with Gasteiger partial charge in [-0.25, -0.2) is 8.42 Å². The number of benzene rings is 2. The number of hydrogen-bond acceptors (Lipinski definition) is 2. The summed E-state index contributed by atoms with van der Waals surface area (Å²) >= 11 is 5.80. The summed E-state index contributed by atoms with van der Waals surface area (Å²) in [4.78, 5) is 0. The lowest BCUT2D eigenvalue weighted by Gasteiger charge is -2.10. The predicted molar refractivity (Wildman–Crippen MR) is 86.2 cm³/mol. The SMILES string of the molecule is O=S(=O)(Cc1ccc(Cl)cc1)Nc1ccc2c(c1)CCC2. The van der Waals surface area contributed by atoms with Gasteiger partial charge in [-0.3, -0.25) is 4.72 Å². The van der Waals surface area contributed by atoms with E-state index < -0.39 is 10.0 Å². The van der Waals surface area contributed by atoms with Crippen LogP contribution in [0.1, 0.15) is 23.1 Å². The molecule has 0 amide bonds. The number of fused-ring (bicyclic) bond motifs is 1. The Labute approximate surface area is 130 Å². The standard InChI is InChI=1S/C16H16ClNO2S/c17-15-7-4-12(5-8-15)11-21(19,20)18-16-9-6-13-2-1-3-14(13)10-16/h4-10,18H,1-3,11H2. The largest absolute Gasteiger partial charge is 0.283 e. The highest BCUT2D eigenvalue weighted by atomic mass is 35.5. The molecule has 0 saturated heterocycles. The van der Waals surface area contributed by atoms with Crippen molar-refractivity contribution in [3.63, 3.8) is 0 Å². The van der Waals surface area contributed by atoms with Crippen LogP contribution in [0.5, 0.6) is 0 Å². The number of rotatable bonds is 4. The second-order valence-electron chi connectivity index (χ2n) is 5.32. The zero-order chi connectivity index (χ0) is 14.9. The van der Waals surface area contributed by atoms with Crippen molar-refractivity contribution in [1.82, 2.24) is 0 Å². The fourth-order valence-corrected chi connectivity index (χ4v) is 3.97. The summed E-state index contributed by atoms with van der Waals surface area (Å²) in [5.41, 5.74) is 3.94. The van der Waals surface area contributed by atoms with E-state index in [0.29, 0.717) is 16.3 Å². The van der Waals surface area contributed by atoms with Gasteiger partial charge in [0.25, 0.3) is 0 Å². The molecular weight excluding hydrogens is 306 g/mol. The molecule has 1 aliphatic rings. The van der Waals surface area contributed by atoms with Crippen LogP contribution in [0.25, 0.3) is 0 Å². The van der Waals surface area contributed by atoms with E-state index in [0.717, 1.165) is 19.3 Å². The summed E-state index contributed by atoms with van der Waals surface area (Å²) in [6.45, 7) is 0. The van der Waals surface area contributed by atoms with Crippen molar-refractivity contribution in [1.29, 1.82) is 0 Å². The molecule has 0 unspecified atom stereocenters. The number of nitrogens with one attached hydrogen (secondary N) is 1. The summed E-state index contributed by atoms with van der Waals surface area (Å²) < 4.78 is 27.1. The van der Waals surface area contributed by atoms with E-state index in [-0.39, 0.29) is 5.75 Å². The summed E-state index contributed by atoms with van der Waals surface area (Å²) in [6, 6.07) is 12.6. The molecule has 0 aromatic heterocycles. The predicted octanol–water partition coefficient (Wildman–Crippen LogP) is 3.77. The van der Waals surface area contributed by atoms with Crippen LogP contribution in [0.4, 0.5) is 5.69 Å². The van der Waals surface area contributed by atoms with Crippen molar-refractivity contribution in [2.45, 2.75) is 25.0 Å². The second-order valence-corrected chi connectivity index (χ2v) is 7.48. The van der Waals surface area contributed by atoms with Crippen molar-refractivity contribution in [2.75, 3.05) is 4.72 Å². The van der Waals surface area contributed by atoms with E-state index in [1.54, 1.807) is 24.3 Å². The lowest BCUT2D eigenvalue weighted by molar-refractivity contribution is 0.600. The molecule has 0 spiro atoms. The van der Waals surface area contributed by atoms with Gasteiger partial charge in [0.05, 0.1) is 5.75 Å². The minimum Gasteiger partial charge on any atom is -0.283 e. The summed E-state index contributed by atoms with van der Waals surface area (Å²) in [6.07, 6.45) is 3.27. The van der Waals surface area contributed by atoms with Crippen LogP contribution in [0.15, 0.2) is 42.5 Å². The first kappa shape index (κ1) is 14.4. The molecule has 0 fully saturated rings.